The average Bonchev–Trinajstić information content (AvgIpc) is 3.81. The third-order valence-corrected chi connectivity index (χ3v) is 9.21. The van der Waals surface area contributed by atoms with Crippen molar-refractivity contribution in [1.82, 2.24) is 29.2 Å². The van der Waals surface area contributed by atoms with E-state index < -0.39 is 12.7 Å². The largest absolute Gasteiger partial charge is 0.573 e. The van der Waals surface area contributed by atoms with Gasteiger partial charge in [-0.3, -0.25) is 0 Å². The molecule has 12 nitrogen and oxygen atoms in total. The maximum Gasteiger partial charge on any atom is 0.573 e. The number of alkyl halides is 6. The van der Waals surface area contributed by atoms with Crippen LogP contribution in [0.25, 0.3) is 33.8 Å². The molecule has 0 bridgehead atoms. The van der Waals surface area contributed by atoms with E-state index in [-0.39, 0.29) is 31.5 Å². The van der Waals surface area contributed by atoms with E-state index in [0.717, 1.165) is 71.1 Å². The molecule has 2 aliphatic rings. The van der Waals surface area contributed by atoms with Gasteiger partial charge in [0.15, 0.2) is 11.3 Å². The number of nitrogens with two attached hydrogens (primary N) is 1. The van der Waals surface area contributed by atoms with Crippen molar-refractivity contribution in [2.75, 3.05) is 44.8 Å². The van der Waals surface area contributed by atoms with Crippen LogP contribution in [0.4, 0.5) is 32.2 Å². The Balaban J connectivity index is 0.000000219. The molecule has 2 saturated heterocycles. The van der Waals surface area contributed by atoms with Crippen LogP contribution in [-0.4, -0.2) is 81.4 Å². The molecule has 8 rings (SSSR count). The number of nitrogens with zero attached hydrogens (tertiary/aromatic N) is 6. The van der Waals surface area contributed by atoms with Gasteiger partial charge in [0.05, 0.1) is 23.8 Å². The molecule has 19 heteroatoms. The van der Waals surface area contributed by atoms with Crippen molar-refractivity contribution >= 4 is 28.7 Å². The summed E-state index contributed by atoms with van der Waals surface area (Å²) in [5, 5.41) is 12.2. The lowest BCUT2D eigenvalue weighted by Gasteiger charge is -2.22. The van der Waals surface area contributed by atoms with Crippen LogP contribution >= 0.6 is 11.6 Å². The summed E-state index contributed by atoms with van der Waals surface area (Å²) in [6.45, 7) is 5.02. The predicted octanol–water partition coefficient (Wildman–Crippen LogP) is 9.73. The normalized spacial score (nSPS) is 14.8. The third kappa shape index (κ3) is 13.7. The first kappa shape index (κ1) is 46.5. The summed E-state index contributed by atoms with van der Waals surface area (Å²) in [4.78, 5) is 8.40. The Hall–Kier alpha value is -5.17. The van der Waals surface area contributed by atoms with Crippen LogP contribution in [0.1, 0.15) is 40.5 Å². The number of nitrogens with one attached hydrogen (secondary N) is 1. The number of hydrogen-bond acceptors (Lipinski definition) is 10. The van der Waals surface area contributed by atoms with Gasteiger partial charge in [-0.2, -0.15) is 5.10 Å². The Bertz CT molecular complexity index is 2210. The van der Waals surface area contributed by atoms with Crippen LogP contribution in [0.5, 0.6) is 11.5 Å². The summed E-state index contributed by atoms with van der Waals surface area (Å²) in [7, 11) is 0. The Morgan fingerprint density at radius 1 is 0.678 bits per heavy atom. The molecule has 3 N–H and O–H groups in total. The van der Waals surface area contributed by atoms with E-state index in [9.17, 15) is 26.3 Å². The van der Waals surface area contributed by atoms with E-state index >= 15 is 0 Å². The molecular formula is C40H47ClF6N8O4. The quantitative estimate of drug-likeness (QED) is 0.143. The van der Waals surface area contributed by atoms with Crippen molar-refractivity contribution < 1.29 is 45.3 Å². The van der Waals surface area contributed by atoms with Crippen molar-refractivity contribution in [2.45, 2.75) is 53.3 Å². The maximum absolute atomic E-state index is 12.5. The lowest BCUT2D eigenvalue weighted by Crippen LogP contribution is -2.23. The number of ether oxygens (including phenoxy) is 4. The highest BCUT2D eigenvalue weighted by Gasteiger charge is 2.32. The minimum absolute atomic E-state index is 0. The fourth-order valence-electron chi connectivity index (χ4n) is 6.10. The van der Waals surface area contributed by atoms with Gasteiger partial charge in [-0.1, -0.05) is 50.7 Å². The molecule has 6 aromatic rings. The molecule has 0 radical (unpaired) electrons. The molecule has 2 aromatic carbocycles. The summed E-state index contributed by atoms with van der Waals surface area (Å²) in [5.41, 5.74) is 8.70. The maximum atomic E-state index is 12.5. The first-order chi connectivity index (χ1) is 27.3. The molecule has 2 aliphatic heterocycles. The highest BCUT2D eigenvalue weighted by atomic mass is 35.5. The van der Waals surface area contributed by atoms with E-state index in [0.29, 0.717) is 45.5 Å². The minimum Gasteiger partial charge on any atom is -0.406 e. The number of aromatic nitrogens is 6. The van der Waals surface area contributed by atoms with Crippen LogP contribution in [0.15, 0.2) is 85.2 Å². The zero-order chi connectivity index (χ0) is 40.4. The highest BCUT2D eigenvalue weighted by molar-refractivity contribution is 6.29. The predicted molar refractivity (Wildman–Crippen MR) is 213 cm³/mol. The number of halogens is 7. The summed E-state index contributed by atoms with van der Waals surface area (Å²) >= 11 is 5.82. The van der Waals surface area contributed by atoms with Crippen molar-refractivity contribution in [3.8, 4) is 34.0 Å². The molecule has 320 valence electrons. The number of fused-ring (bicyclic) bond motifs is 2. The van der Waals surface area contributed by atoms with Crippen LogP contribution in [0.2, 0.25) is 5.15 Å². The molecule has 59 heavy (non-hydrogen) atoms. The van der Waals surface area contributed by atoms with E-state index in [2.05, 4.69) is 35.0 Å². The first-order valence-electron chi connectivity index (χ1n) is 18.0. The second-order valence-corrected chi connectivity index (χ2v) is 13.5. The number of hydrogen-bond donors (Lipinski definition) is 2. The number of rotatable bonds is 8. The monoisotopic (exact) mass is 852 g/mol. The van der Waals surface area contributed by atoms with E-state index in [1.165, 1.54) is 47.1 Å². The van der Waals surface area contributed by atoms with Gasteiger partial charge in [-0.15, -0.1) is 31.4 Å². The van der Waals surface area contributed by atoms with Crippen LogP contribution in [0, 0.1) is 11.8 Å². The third-order valence-electron chi connectivity index (χ3n) is 9.01. The van der Waals surface area contributed by atoms with Gasteiger partial charge in [-0.25, -0.2) is 19.0 Å². The summed E-state index contributed by atoms with van der Waals surface area (Å²) in [5.74, 6) is 1.36. The van der Waals surface area contributed by atoms with Crippen molar-refractivity contribution in [2.24, 2.45) is 17.6 Å². The summed E-state index contributed by atoms with van der Waals surface area (Å²) in [6.07, 6.45) is -2.04. The number of imidazole rings is 2. The fraction of sp³-hybridized carbons (Fsp3) is 0.400. The van der Waals surface area contributed by atoms with Gasteiger partial charge in [0.25, 0.3) is 0 Å². The van der Waals surface area contributed by atoms with Gasteiger partial charge < -0.3 is 30.0 Å². The second-order valence-electron chi connectivity index (χ2n) is 13.1. The molecule has 6 heterocycles. The van der Waals surface area contributed by atoms with Crippen molar-refractivity contribution in [3.05, 3.63) is 90.3 Å². The number of anilines is 1. The van der Waals surface area contributed by atoms with Crippen molar-refractivity contribution in [1.29, 1.82) is 0 Å². The zero-order valence-corrected chi connectivity index (χ0v) is 31.1. The molecule has 4 aromatic heterocycles. The Morgan fingerprint density at radius 3 is 1.63 bits per heavy atom. The smallest absolute Gasteiger partial charge is 0.406 e. The average molecular weight is 853 g/mol. The Kier molecular flexibility index (Phi) is 16.7. The topological polar surface area (TPSA) is 135 Å². The van der Waals surface area contributed by atoms with E-state index in [4.69, 9.17) is 26.8 Å². The molecular weight excluding hydrogens is 806 g/mol. The standard InChI is InChI=1S/C19H19F3N4O2.C13H7ClF3N3O.C6H13NO.2CH4/c20-19(21,22)28-15-3-1-2-14(10-15)16-12-24-18-5-4-17(25-26(16)18)23-11-13-6-8-27-9-7-13;14-11-4-5-12-18-7-10(20(12)19-11)8-2-1-3-9(6-8)21-13(15,16)17;7-5-6-1-3-8-4-2-6;;/h1-5,10,12-13H,6-9,11H2,(H,23,25);1-7H;6H,1-5,7H2;2*1H4. The van der Waals surface area contributed by atoms with Crippen LogP contribution < -0.4 is 20.5 Å². The lowest BCUT2D eigenvalue weighted by atomic mass is 10.0. The van der Waals surface area contributed by atoms with E-state index in [1.54, 1.807) is 35.0 Å². The molecule has 0 atom stereocenters. The Labute approximate surface area is 342 Å². The first-order valence-corrected chi connectivity index (χ1v) is 18.4. The zero-order valence-electron chi connectivity index (χ0n) is 30.3. The molecule has 2 fully saturated rings. The molecule has 0 amide bonds. The van der Waals surface area contributed by atoms with Gasteiger partial charge in [-0.05, 0) is 92.6 Å². The molecule has 0 unspecified atom stereocenters. The van der Waals surface area contributed by atoms with Gasteiger partial charge >= 0.3 is 12.7 Å². The molecule has 0 spiro atoms. The van der Waals surface area contributed by atoms with Crippen LogP contribution in [0.3, 0.4) is 0 Å². The Morgan fingerprint density at radius 2 is 1.15 bits per heavy atom. The summed E-state index contributed by atoms with van der Waals surface area (Å²) in [6, 6.07) is 18.3. The molecule has 0 aliphatic carbocycles. The van der Waals surface area contributed by atoms with Gasteiger partial charge in [0.1, 0.15) is 22.5 Å². The van der Waals surface area contributed by atoms with Crippen LogP contribution in [-0.2, 0) is 9.47 Å². The molecule has 0 saturated carbocycles. The second kappa shape index (κ2) is 21.2. The van der Waals surface area contributed by atoms with Crippen molar-refractivity contribution in [3.63, 3.8) is 0 Å². The number of benzene rings is 2. The van der Waals surface area contributed by atoms with E-state index in [1.807, 2.05) is 12.1 Å². The fourth-order valence-corrected chi connectivity index (χ4v) is 6.24. The van der Waals surface area contributed by atoms with Gasteiger partial charge in [0.2, 0.25) is 0 Å². The lowest BCUT2D eigenvalue weighted by molar-refractivity contribution is -0.275. The minimum atomic E-state index is -4.74. The summed E-state index contributed by atoms with van der Waals surface area (Å²) < 4.78 is 95.7. The SMILES string of the molecule is C.C.FC(F)(F)Oc1cccc(-c2cnc3ccc(Cl)nn23)c1.FC(F)(F)Oc1cccc(-c2cnc3ccc(NCC4CCOCC4)nn23)c1.NCC1CCOCC1. The highest BCUT2D eigenvalue weighted by Crippen LogP contribution is 2.30. The van der Waals surface area contributed by atoms with Gasteiger partial charge in [0, 0.05) is 44.1 Å².